The van der Waals surface area contributed by atoms with Crippen molar-refractivity contribution in [2.75, 3.05) is 0 Å². The van der Waals surface area contributed by atoms with Crippen LogP contribution in [-0.2, 0) is 0 Å². The van der Waals surface area contributed by atoms with Gasteiger partial charge in [0.25, 0.3) is 0 Å². The molecule has 1 unspecified atom stereocenters. The van der Waals surface area contributed by atoms with Gasteiger partial charge in [-0.15, -0.1) is 12.4 Å². The molecule has 0 bridgehead atoms. The summed E-state index contributed by atoms with van der Waals surface area (Å²) in [5.74, 6) is 0.645. The molecule has 0 saturated heterocycles. The highest BCUT2D eigenvalue weighted by Crippen LogP contribution is 2.20. The van der Waals surface area contributed by atoms with Crippen LogP contribution in [0.1, 0.15) is 98.3 Å². The van der Waals surface area contributed by atoms with Crippen LogP contribution in [-0.4, -0.2) is 5.54 Å². The SMILES string of the molecule is CCCCCCCCCCCCC(C)C(C)(C)N.Cl. The minimum Gasteiger partial charge on any atom is -0.325 e. The highest BCUT2D eigenvalue weighted by molar-refractivity contribution is 5.85. The Morgan fingerprint density at radius 3 is 1.53 bits per heavy atom. The Balaban J connectivity index is 0. The molecule has 0 fully saturated rings. The predicted molar refractivity (Wildman–Crippen MR) is 91.1 cm³/mol. The Morgan fingerprint density at radius 2 is 1.16 bits per heavy atom. The summed E-state index contributed by atoms with van der Waals surface area (Å²) in [4.78, 5) is 0. The van der Waals surface area contributed by atoms with Crippen LogP contribution in [0.4, 0.5) is 0 Å². The molecule has 1 nitrogen and oxygen atoms in total. The first kappa shape index (κ1) is 21.5. The summed E-state index contributed by atoms with van der Waals surface area (Å²) in [7, 11) is 0. The van der Waals surface area contributed by atoms with E-state index in [1.54, 1.807) is 0 Å². The molecule has 0 aliphatic heterocycles. The highest BCUT2D eigenvalue weighted by Gasteiger charge is 2.19. The average molecular weight is 292 g/mol. The Morgan fingerprint density at radius 1 is 0.789 bits per heavy atom. The second-order valence-corrected chi connectivity index (χ2v) is 6.69. The monoisotopic (exact) mass is 291 g/mol. The van der Waals surface area contributed by atoms with E-state index in [2.05, 4.69) is 27.7 Å². The maximum absolute atomic E-state index is 6.10. The van der Waals surface area contributed by atoms with Gasteiger partial charge in [0, 0.05) is 5.54 Å². The fourth-order valence-electron chi connectivity index (χ4n) is 2.31. The first-order valence-electron chi connectivity index (χ1n) is 8.27. The topological polar surface area (TPSA) is 26.0 Å². The third kappa shape index (κ3) is 14.5. The van der Waals surface area contributed by atoms with Crippen LogP contribution in [0.15, 0.2) is 0 Å². The Hall–Kier alpha value is 0.250. The highest BCUT2D eigenvalue weighted by atomic mass is 35.5. The summed E-state index contributed by atoms with van der Waals surface area (Å²) in [6.45, 7) is 8.86. The first-order valence-corrected chi connectivity index (χ1v) is 8.27. The summed E-state index contributed by atoms with van der Waals surface area (Å²) in [5, 5.41) is 0. The van der Waals surface area contributed by atoms with E-state index in [4.69, 9.17) is 5.73 Å². The summed E-state index contributed by atoms with van der Waals surface area (Å²) in [6.07, 6.45) is 15.5. The lowest BCUT2D eigenvalue weighted by molar-refractivity contribution is 0.316. The van der Waals surface area contributed by atoms with Gasteiger partial charge in [-0.25, -0.2) is 0 Å². The van der Waals surface area contributed by atoms with Crippen molar-refractivity contribution >= 4 is 12.4 Å². The van der Waals surface area contributed by atoms with E-state index in [1.165, 1.54) is 70.6 Å². The van der Waals surface area contributed by atoms with Crippen LogP contribution >= 0.6 is 12.4 Å². The molecule has 0 aliphatic carbocycles. The van der Waals surface area contributed by atoms with Gasteiger partial charge in [-0.1, -0.05) is 78.1 Å². The molecule has 0 spiro atoms. The Labute approximate surface area is 128 Å². The zero-order valence-corrected chi connectivity index (χ0v) is 14.7. The Bertz CT molecular complexity index is 175. The fraction of sp³-hybridized carbons (Fsp3) is 1.00. The zero-order valence-electron chi connectivity index (χ0n) is 13.8. The number of hydrogen-bond donors (Lipinski definition) is 1. The van der Waals surface area contributed by atoms with Crippen molar-refractivity contribution < 1.29 is 0 Å². The predicted octanol–water partition coefficient (Wildman–Crippen LogP) is 6.09. The number of rotatable bonds is 12. The smallest absolute Gasteiger partial charge is 0.0123 e. The lowest BCUT2D eigenvalue weighted by atomic mass is 9.86. The van der Waals surface area contributed by atoms with Crippen LogP contribution in [0, 0.1) is 5.92 Å². The fourth-order valence-corrected chi connectivity index (χ4v) is 2.31. The van der Waals surface area contributed by atoms with Gasteiger partial charge >= 0.3 is 0 Å². The van der Waals surface area contributed by atoms with Crippen LogP contribution < -0.4 is 5.73 Å². The van der Waals surface area contributed by atoms with Gasteiger partial charge in [0.05, 0.1) is 0 Å². The van der Waals surface area contributed by atoms with E-state index in [0.717, 1.165) is 0 Å². The number of unbranched alkanes of at least 4 members (excludes halogenated alkanes) is 9. The molecule has 19 heavy (non-hydrogen) atoms. The first-order chi connectivity index (χ1) is 8.48. The largest absolute Gasteiger partial charge is 0.325 e. The van der Waals surface area contributed by atoms with Crippen LogP contribution in [0.3, 0.4) is 0 Å². The van der Waals surface area contributed by atoms with Gasteiger partial charge in [0.2, 0.25) is 0 Å². The van der Waals surface area contributed by atoms with Crippen molar-refractivity contribution in [3.05, 3.63) is 0 Å². The normalized spacial score (nSPS) is 13.1. The number of halogens is 1. The molecule has 0 saturated carbocycles. The standard InChI is InChI=1S/C17H37N.ClH/c1-5-6-7-8-9-10-11-12-13-14-15-16(2)17(3,4)18;/h16H,5-15,18H2,1-4H3;1H. The summed E-state index contributed by atoms with van der Waals surface area (Å²) >= 11 is 0. The van der Waals surface area contributed by atoms with Crippen LogP contribution in [0.2, 0.25) is 0 Å². The molecule has 2 heteroatoms. The maximum atomic E-state index is 6.10. The van der Waals surface area contributed by atoms with E-state index < -0.39 is 0 Å². The third-order valence-electron chi connectivity index (χ3n) is 4.26. The minimum absolute atomic E-state index is 0. The molecule has 118 valence electrons. The van der Waals surface area contributed by atoms with E-state index in [-0.39, 0.29) is 17.9 Å². The summed E-state index contributed by atoms with van der Waals surface area (Å²) in [5.41, 5.74) is 6.10. The average Bonchev–Trinajstić information content (AvgIpc) is 2.30. The van der Waals surface area contributed by atoms with Crippen molar-refractivity contribution in [3.8, 4) is 0 Å². The van der Waals surface area contributed by atoms with Gasteiger partial charge in [-0.05, 0) is 26.2 Å². The summed E-state index contributed by atoms with van der Waals surface area (Å²) in [6, 6.07) is 0. The van der Waals surface area contributed by atoms with Crippen molar-refractivity contribution in [1.29, 1.82) is 0 Å². The molecule has 2 N–H and O–H groups in total. The van der Waals surface area contributed by atoms with Crippen molar-refractivity contribution in [2.45, 2.75) is 104 Å². The van der Waals surface area contributed by atoms with Gasteiger partial charge in [-0.2, -0.15) is 0 Å². The van der Waals surface area contributed by atoms with E-state index >= 15 is 0 Å². The second kappa shape index (κ2) is 13.2. The molecule has 0 aromatic heterocycles. The van der Waals surface area contributed by atoms with Crippen molar-refractivity contribution in [2.24, 2.45) is 11.7 Å². The Kier molecular flexibility index (Phi) is 15.0. The molecule has 0 amide bonds. The second-order valence-electron chi connectivity index (χ2n) is 6.69. The van der Waals surface area contributed by atoms with Crippen molar-refractivity contribution in [3.63, 3.8) is 0 Å². The molecule has 0 heterocycles. The van der Waals surface area contributed by atoms with Gasteiger partial charge in [0.15, 0.2) is 0 Å². The van der Waals surface area contributed by atoms with E-state index in [0.29, 0.717) is 5.92 Å². The minimum atomic E-state index is -0.000717. The van der Waals surface area contributed by atoms with Crippen LogP contribution in [0.25, 0.3) is 0 Å². The molecular weight excluding hydrogens is 254 g/mol. The molecule has 1 atom stereocenters. The van der Waals surface area contributed by atoms with E-state index in [9.17, 15) is 0 Å². The summed E-state index contributed by atoms with van der Waals surface area (Å²) < 4.78 is 0. The number of nitrogens with two attached hydrogens (primary N) is 1. The molecule has 0 aromatic rings. The van der Waals surface area contributed by atoms with E-state index in [1.807, 2.05) is 0 Å². The molecule has 0 radical (unpaired) electrons. The van der Waals surface area contributed by atoms with Gasteiger partial charge in [0.1, 0.15) is 0 Å². The van der Waals surface area contributed by atoms with Crippen LogP contribution in [0.5, 0.6) is 0 Å². The third-order valence-corrected chi connectivity index (χ3v) is 4.26. The van der Waals surface area contributed by atoms with Crippen molar-refractivity contribution in [1.82, 2.24) is 0 Å². The molecule has 0 rings (SSSR count). The lowest BCUT2D eigenvalue weighted by Gasteiger charge is -2.27. The van der Waals surface area contributed by atoms with Gasteiger partial charge < -0.3 is 5.73 Å². The zero-order chi connectivity index (χ0) is 13.9. The maximum Gasteiger partial charge on any atom is 0.0123 e. The molecule has 0 aliphatic rings. The molecular formula is C17H38ClN. The molecule has 0 aromatic carbocycles. The lowest BCUT2D eigenvalue weighted by Crippen LogP contribution is -2.39. The number of hydrogen-bond acceptors (Lipinski definition) is 1. The quantitative estimate of drug-likeness (QED) is 0.432. The van der Waals surface area contributed by atoms with Gasteiger partial charge in [-0.3, -0.25) is 0 Å².